The Morgan fingerprint density at radius 1 is 0.558 bits per heavy atom. The Kier molecular flexibility index (Phi) is 12.5. The molecule has 3 amide bonds. The van der Waals surface area contributed by atoms with Crippen LogP contribution in [0.15, 0.2) is 0 Å². The molecule has 0 radical (unpaired) electrons. The fraction of sp³-hybridized carbons (Fsp3) is 0.875. The lowest BCUT2D eigenvalue weighted by molar-refractivity contribution is -0.351. The molecule has 11 N–H and O–H groups in total. The topological polar surface area (TPSA) is 295 Å². The lowest BCUT2D eigenvalue weighted by Gasteiger charge is -2.49. The highest BCUT2D eigenvalue weighted by Crippen LogP contribution is 2.32. The average Bonchev–Trinajstić information content (AvgIpc) is 2.94. The van der Waals surface area contributed by atoms with Crippen LogP contribution in [0.25, 0.3) is 0 Å². The zero-order chi connectivity index (χ0) is 32.2. The van der Waals surface area contributed by atoms with Crippen LogP contribution in [0, 0.1) is 0 Å². The molecule has 19 nitrogen and oxygen atoms in total. The van der Waals surface area contributed by atoms with Gasteiger partial charge in [-0.25, -0.2) is 0 Å². The molecule has 0 aromatic heterocycles. The summed E-state index contributed by atoms with van der Waals surface area (Å²) in [5.74, 6) is -1.96. The molecule has 43 heavy (non-hydrogen) atoms. The van der Waals surface area contributed by atoms with Crippen molar-refractivity contribution >= 4 is 17.7 Å². The van der Waals surface area contributed by atoms with Crippen molar-refractivity contribution in [2.24, 2.45) is 0 Å². The normalized spacial score (nSPS) is 43.5. The summed E-state index contributed by atoms with van der Waals surface area (Å²) in [5.41, 5.74) is 0. The predicted molar refractivity (Wildman–Crippen MR) is 136 cm³/mol. The maximum Gasteiger partial charge on any atom is 0.217 e. The van der Waals surface area contributed by atoms with Crippen molar-refractivity contribution in [3.05, 3.63) is 0 Å². The summed E-state index contributed by atoms with van der Waals surface area (Å²) < 4.78 is 28.3. The number of aliphatic hydroxyl groups is 8. The highest BCUT2D eigenvalue weighted by Gasteiger charge is 2.54. The van der Waals surface area contributed by atoms with Crippen LogP contribution in [0.3, 0.4) is 0 Å². The van der Waals surface area contributed by atoms with Crippen LogP contribution in [0.4, 0.5) is 0 Å². The number of carbonyl (C=O) groups excluding carboxylic acids is 3. The summed E-state index contributed by atoms with van der Waals surface area (Å²) in [7, 11) is 0. The number of hydrogen-bond donors (Lipinski definition) is 11. The van der Waals surface area contributed by atoms with Gasteiger partial charge < -0.3 is 80.5 Å². The third kappa shape index (κ3) is 8.14. The molecule has 0 aliphatic carbocycles. The number of ether oxygens (including phenoxy) is 5. The van der Waals surface area contributed by atoms with Crippen molar-refractivity contribution in [1.29, 1.82) is 0 Å². The smallest absolute Gasteiger partial charge is 0.217 e. The second-order valence-electron chi connectivity index (χ2n) is 10.5. The molecular formula is C24H41N3O16. The van der Waals surface area contributed by atoms with E-state index in [9.17, 15) is 55.2 Å². The van der Waals surface area contributed by atoms with Gasteiger partial charge in [0, 0.05) is 20.8 Å². The van der Waals surface area contributed by atoms with Gasteiger partial charge in [-0.05, 0) is 0 Å². The van der Waals surface area contributed by atoms with Gasteiger partial charge in [0.25, 0.3) is 0 Å². The molecule has 3 rings (SSSR count). The van der Waals surface area contributed by atoms with Crippen molar-refractivity contribution in [2.45, 2.75) is 113 Å². The number of rotatable bonds is 10. The Balaban J connectivity index is 1.89. The molecule has 3 aliphatic rings. The number of aliphatic hydroxyl groups excluding tert-OH is 8. The van der Waals surface area contributed by atoms with Gasteiger partial charge in [-0.2, -0.15) is 0 Å². The lowest BCUT2D eigenvalue weighted by atomic mass is 9.93. The van der Waals surface area contributed by atoms with Gasteiger partial charge in [0.2, 0.25) is 17.7 Å². The van der Waals surface area contributed by atoms with E-state index >= 15 is 0 Å². The van der Waals surface area contributed by atoms with E-state index < -0.39 is 129 Å². The van der Waals surface area contributed by atoms with Gasteiger partial charge in [0.15, 0.2) is 18.9 Å². The quantitative estimate of drug-likeness (QED) is 0.107. The van der Waals surface area contributed by atoms with E-state index in [-0.39, 0.29) is 0 Å². The molecule has 3 heterocycles. The van der Waals surface area contributed by atoms with Gasteiger partial charge in [-0.1, -0.05) is 0 Å². The highest BCUT2D eigenvalue weighted by molar-refractivity contribution is 5.74. The summed E-state index contributed by atoms with van der Waals surface area (Å²) >= 11 is 0. The van der Waals surface area contributed by atoms with E-state index in [1.807, 2.05) is 0 Å². The first-order valence-electron chi connectivity index (χ1n) is 13.5. The fourth-order valence-electron chi connectivity index (χ4n) is 5.28. The average molecular weight is 628 g/mol. The molecule has 248 valence electrons. The summed E-state index contributed by atoms with van der Waals surface area (Å²) in [5, 5.41) is 90.0. The van der Waals surface area contributed by atoms with Crippen LogP contribution in [-0.4, -0.2) is 170 Å². The van der Waals surface area contributed by atoms with Crippen molar-refractivity contribution in [1.82, 2.24) is 16.0 Å². The first-order chi connectivity index (χ1) is 20.2. The number of hydrogen-bond acceptors (Lipinski definition) is 16. The zero-order valence-corrected chi connectivity index (χ0v) is 23.6. The summed E-state index contributed by atoms with van der Waals surface area (Å²) in [4.78, 5) is 35.5. The second kappa shape index (κ2) is 15.3. The van der Waals surface area contributed by atoms with E-state index in [4.69, 9.17) is 23.7 Å². The van der Waals surface area contributed by atoms with Gasteiger partial charge in [-0.15, -0.1) is 0 Å². The van der Waals surface area contributed by atoms with E-state index in [1.54, 1.807) is 0 Å². The molecular weight excluding hydrogens is 586 g/mol. The Morgan fingerprint density at radius 3 is 1.37 bits per heavy atom. The van der Waals surface area contributed by atoms with Gasteiger partial charge in [0.1, 0.15) is 73.1 Å². The van der Waals surface area contributed by atoms with E-state index in [0.29, 0.717) is 0 Å². The van der Waals surface area contributed by atoms with Gasteiger partial charge in [0.05, 0.1) is 19.8 Å². The minimum Gasteiger partial charge on any atom is -0.394 e. The van der Waals surface area contributed by atoms with Crippen LogP contribution in [0.5, 0.6) is 0 Å². The monoisotopic (exact) mass is 627 g/mol. The summed E-state index contributed by atoms with van der Waals surface area (Å²) in [6, 6.07) is -4.31. The lowest BCUT2D eigenvalue weighted by Crippen LogP contribution is -2.71. The van der Waals surface area contributed by atoms with Crippen molar-refractivity contribution < 1.29 is 78.9 Å². The standard InChI is InChI=1S/C24H41N3O16/c1-7(31)25-13-18(36)20(11(5-29)39-22(13)38)42-24-15(27-9(3)33)19(37)21(12(6-30)41-24)43-23-14(26-8(2)32)17(35)16(34)10(4-28)40-23/h10-24,28-30,34-38H,4-6H2,1-3H3,(H,25,31)(H,26,32)(H,27,33)/t10-,11-,12-,13-,14+,15+,16+,17-,18-,19-,20+,21+,22-,23+,24+/m0/s1. The minimum absolute atomic E-state index is 0.628. The van der Waals surface area contributed by atoms with Crippen LogP contribution in [0.1, 0.15) is 20.8 Å². The largest absolute Gasteiger partial charge is 0.394 e. The van der Waals surface area contributed by atoms with Crippen LogP contribution in [0.2, 0.25) is 0 Å². The van der Waals surface area contributed by atoms with E-state index in [1.165, 1.54) is 0 Å². The third-order valence-corrected chi connectivity index (χ3v) is 7.30. The number of nitrogens with one attached hydrogen (secondary N) is 3. The molecule has 3 fully saturated rings. The minimum atomic E-state index is -1.77. The van der Waals surface area contributed by atoms with Crippen molar-refractivity contribution in [3.8, 4) is 0 Å². The fourth-order valence-corrected chi connectivity index (χ4v) is 5.28. The number of amides is 3. The molecule has 0 saturated carbocycles. The molecule has 3 aliphatic heterocycles. The van der Waals surface area contributed by atoms with E-state index in [2.05, 4.69) is 16.0 Å². The highest BCUT2D eigenvalue weighted by atomic mass is 16.7. The first-order valence-corrected chi connectivity index (χ1v) is 13.5. The maximum atomic E-state index is 12.1. The van der Waals surface area contributed by atoms with Gasteiger partial charge >= 0.3 is 0 Å². The Labute approximate surface area is 245 Å². The maximum absolute atomic E-state index is 12.1. The van der Waals surface area contributed by atoms with Crippen LogP contribution in [-0.2, 0) is 38.1 Å². The molecule has 0 spiro atoms. The molecule has 3 saturated heterocycles. The molecule has 0 unspecified atom stereocenters. The SMILES string of the molecule is CC(=O)N[C@H]1[C@@H](O[C@H]2[C@@H](O)[C@@H](NC(C)=O)[C@@H](O[C@H]3[C@@H](O)[C@H](NC(C)=O)[C@@H](O)O[C@H]3CO)O[C@H]2CO)O[C@@H](CO)[C@@H](O)[C@H]1O. The van der Waals surface area contributed by atoms with E-state index in [0.717, 1.165) is 20.8 Å². The second-order valence-corrected chi connectivity index (χ2v) is 10.5. The molecule has 0 aromatic rings. The van der Waals surface area contributed by atoms with Crippen molar-refractivity contribution in [3.63, 3.8) is 0 Å². The predicted octanol–water partition coefficient (Wildman–Crippen LogP) is -7.14. The zero-order valence-electron chi connectivity index (χ0n) is 23.6. The molecule has 15 atom stereocenters. The van der Waals surface area contributed by atoms with Crippen LogP contribution >= 0.6 is 0 Å². The molecule has 0 bridgehead atoms. The molecule has 0 aromatic carbocycles. The van der Waals surface area contributed by atoms with Crippen LogP contribution < -0.4 is 16.0 Å². The number of carbonyl (C=O) groups is 3. The van der Waals surface area contributed by atoms with Crippen molar-refractivity contribution in [2.75, 3.05) is 19.8 Å². The summed E-state index contributed by atoms with van der Waals surface area (Å²) in [6.07, 6.45) is -19.0. The first kappa shape index (κ1) is 35.4. The summed E-state index contributed by atoms with van der Waals surface area (Å²) in [6.45, 7) is 0.995. The Hall–Kier alpha value is -2.11. The van der Waals surface area contributed by atoms with Gasteiger partial charge in [-0.3, -0.25) is 14.4 Å². The third-order valence-electron chi connectivity index (χ3n) is 7.30. The Morgan fingerprint density at radius 2 is 0.930 bits per heavy atom. The Bertz CT molecular complexity index is 962. The molecule has 19 heteroatoms.